The van der Waals surface area contributed by atoms with E-state index in [4.69, 9.17) is 0 Å². The van der Waals surface area contributed by atoms with Crippen LogP contribution in [-0.4, -0.2) is 61.3 Å². The molecule has 0 amide bonds. The van der Waals surface area contributed by atoms with Crippen molar-refractivity contribution in [3.8, 4) is 0 Å². The number of likely N-dealkylation sites (N-methyl/N-ethyl adjacent to an activating group) is 1. The SMILES string of the molecule is C=CC1CCC[C@H](N2CCN(C)CC2)C1(C)N=C. The van der Waals surface area contributed by atoms with Crippen molar-refractivity contribution in [2.45, 2.75) is 37.8 Å². The number of rotatable bonds is 3. The molecule has 3 heteroatoms. The third-order valence-corrected chi connectivity index (χ3v) is 5.02. The highest BCUT2D eigenvalue weighted by atomic mass is 15.3. The highest BCUT2D eigenvalue weighted by Crippen LogP contribution is 2.40. The second-order valence-corrected chi connectivity index (χ2v) is 6.01. The summed E-state index contributed by atoms with van der Waals surface area (Å²) in [7, 11) is 2.20. The Morgan fingerprint density at radius 3 is 2.44 bits per heavy atom. The average Bonchev–Trinajstić information content (AvgIpc) is 2.40. The maximum absolute atomic E-state index is 4.53. The zero-order valence-corrected chi connectivity index (χ0v) is 11.9. The first-order valence-corrected chi connectivity index (χ1v) is 7.15. The highest BCUT2D eigenvalue weighted by molar-refractivity contribution is 5.28. The third-order valence-electron chi connectivity index (χ3n) is 5.02. The molecule has 1 heterocycles. The van der Waals surface area contributed by atoms with Gasteiger partial charge in [0.1, 0.15) is 0 Å². The van der Waals surface area contributed by atoms with Crippen LogP contribution in [0.5, 0.6) is 0 Å². The van der Waals surface area contributed by atoms with Crippen LogP contribution < -0.4 is 0 Å². The van der Waals surface area contributed by atoms with Crippen molar-refractivity contribution in [2.24, 2.45) is 10.9 Å². The lowest BCUT2D eigenvalue weighted by molar-refractivity contribution is 0.0353. The van der Waals surface area contributed by atoms with Gasteiger partial charge in [-0.05, 0) is 33.5 Å². The lowest BCUT2D eigenvalue weighted by Crippen LogP contribution is -2.59. The van der Waals surface area contributed by atoms with Gasteiger partial charge in [0.05, 0.1) is 5.54 Å². The maximum Gasteiger partial charge on any atom is 0.0789 e. The molecule has 3 atom stereocenters. The van der Waals surface area contributed by atoms with E-state index in [-0.39, 0.29) is 5.54 Å². The third kappa shape index (κ3) is 2.39. The van der Waals surface area contributed by atoms with Gasteiger partial charge in [-0.15, -0.1) is 6.58 Å². The van der Waals surface area contributed by atoms with Crippen molar-refractivity contribution < 1.29 is 0 Å². The lowest BCUT2D eigenvalue weighted by atomic mass is 9.70. The molecule has 0 aromatic carbocycles. The van der Waals surface area contributed by atoms with E-state index in [2.05, 4.69) is 48.1 Å². The van der Waals surface area contributed by atoms with Crippen LogP contribution in [0.1, 0.15) is 26.2 Å². The fourth-order valence-electron chi connectivity index (χ4n) is 3.63. The quantitative estimate of drug-likeness (QED) is 0.563. The largest absolute Gasteiger partial charge is 0.304 e. The molecule has 2 aliphatic rings. The molecule has 0 spiro atoms. The molecule has 3 nitrogen and oxygen atoms in total. The lowest BCUT2D eigenvalue weighted by Gasteiger charge is -2.50. The summed E-state index contributed by atoms with van der Waals surface area (Å²) in [5, 5.41) is 0. The van der Waals surface area contributed by atoms with Crippen molar-refractivity contribution >= 4 is 6.72 Å². The zero-order chi connectivity index (χ0) is 13.2. The van der Waals surface area contributed by atoms with E-state index < -0.39 is 0 Å². The Morgan fingerprint density at radius 2 is 1.89 bits per heavy atom. The molecule has 0 aromatic heterocycles. The summed E-state index contributed by atoms with van der Waals surface area (Å²) in [6, 6.07) is 0.542. The highest BCUT2D eigenvalue weighted by Gasteiger charge is 2.45. The molecule has 0 N–H and O–H groups in total. The molecular weight excluding hydrogens is 222 g/mol. The first kappa shape index (κ1) is 13.8. The molecule has 2 fully saturated rings. The normalized spacial score (nSPS) is 39.4. The van der Waals surface area contributed by atoms with Crippen molar-refractivity contribution in [2.75, 3.05) is 33.2 Å². The molecule has 102 valence electrons. The van der Waals surface area contributed by atoms with Crippen LogP contribution in [0, 0.1) is 5.92 Å². The van der Waals surface area contributed by atoms with Gasteiger partial charge in [0, 0.05) is 38.1 Å². The molecule has 18 heavy (non-hydrogen) atoms. The second-order valence-electron chi connectivity index (χ2n) is 6.01. The van der Waals surface area contributed by atoms with E-state index in [1.54, 1.807) is 0 Å². The van der Waals surface area contributed by atoms with Crippen molar-refractivity contribution in [1.82, 2.24) is 9.80 Å². The summed E-state index contributed by atoms with van der Waals surface area (Å²) in [6.07, 6.45) is 5.85. The van der Waals surface area contributed by atoms with Gasteiger partial charge in [-0.3, -0.25) is 9.89 Å². The summed E-state index contributed by atoms with van der Waals surface area (Å²) >= 11 is 0. The number of aliphatic imine (C=N–C) groups is 1. The standard InChI is InChI=1S/C15H27N3/c1-5-13-7-6-8-14(15(13,2)16-3)18-11-9-17(4)10-12-18/h5,13-14H,1,3,6-12H2,2,4H3/t13?,14-,15?/m0/s1. The molecule has 1 aliphatic heterocycles. The Balaban J connectivity index is 2.14. The Kier molecular flexibility index (Phi) is 4.23. The smallest absolute Gasteiger partial charge is 0.0789 e. The molecule has 0 aromatic rings. The summed E-state index contributed by atoms with van der Waals surface area (Å²) < 4.78 is 0. The Labute approximate surface area is 112 Å². The first-order valence-electron chi connectivity index (χ1n) is 7.15. The monoisotopic (exact) mass is 249 g/mol. The van der Waals surface area contributed by atoms with Crippen LogP contribution in [0.3, 0.4) is 0 Å². The van der Waals surface area contributed by atoms with Crippen molar-refractivity contribution in [3.63, 3.8) is 0 Å². The molecule has 1 saturated heterocycles. The van der Waals surface area contributed by atoms with Gasteiger partial charge in [-0.2, -0.15) is 0 Å². The summed E-state index contributed by atoms with van der Waals surface area (Å²) in [5.41, 5.74) is -0.0457. The van der Waals surface area contributed by atoms with Gasteiger partial charge in [0.2, 0.25) is 0 Å². The molecule has 0 radical (unpaired) electrons. The predicted octanol–water partition coefficient (Wildman–Crippen LogP) is 2.05. The molecule has 2 rings (SSSR count). The second kappa shape index (κ2) is 5.54. The van der Waals surface area contributed by atoms with Crippen LogP contribution in [0.2, 0.25) is 0 Å². The minimum atomic E-state index is -0.0457. The Morgan fingerprint density at radius 1 is 1.22 bits per heavy atom. The number of hydrogen-bond donors (Lipinski definition) is 0. The predicted molar refractivity (Wildman–Crippen MR) is 78.4 cm³/mol. The summed E-state index contributed by atoms with van der Waals surface area (Å²) in [5.74, 6) is 0.480. The van der Waals surface area contributed by atoms with Crippen LogP contribution in [0.15, 0.2) is 17.6 Å². The number of hydrogen-bond acceptors (Lipinski definition) is 3. The minimum absolute atomic E-state index is 0.0457. The fraction of sp³-hybridized carbons (Fsp3) is 0.800. The summed E-state index contributed by atoms with van der Waals surface area (Å²) in [4.78, 5) is 9.57. The van der Waals surface area contributed by atoms with E-state index >= 15 is 0 Å². The average molecular weight is 249 g/mol. The van der Waals surface area contributed by atoms with Gasteiger partial charge < -0.3 is 4.90 Å². The van der Waals surface area contributed by atoms with E-state index in [0.717, 1.165) is 13.1 Å². The minimum Gasteiger partial charge on any atom is -0.304 e. The van der Waals surface area contributed by atoms with E-state index in [1.807, 2.05) is 0 Å². The van der Waals surface area contributed by atoms with E-state index in [1.165, 1.54) is 32.4 Å². The van der Waals surface area contributed by atoms with Gasteiger partial charge in [0.25, 0.3) is 0 Å². The van der Waals surface area contributed by atoms with Gasteiger partial charge in [0.15, 0.2) is 0 Å². The van der Waals surface area contributed by atoms with Crippen molar-refractivity contribution in [1.29, 1.82) is 0 Å². The van der Waals surface area contributed by atoms with Crippen LogP contribution >= 0.6 is 0 Å². The molecule has 1 saturated carbocycles. The Bertz CT molecular complexity index is 307. The van der Waals surface area contributed by atoms with Crippen LogP contribution in [0.25, 0.3) is 0 Å². The molecule has 1 aliphatic carbocycles. The van der Waals surface area contributed by atoms with Crippen LogP contribution in [0.4, 0.5) is 0 Å². The summed E-state index contributed by atoms with van der Waals surface area (Å²) in [6.45, 7) is 14.8. The number of nitrogens with zero attached hydrogens (tertiary/aromatic N) is 3. The van der Waals surface area contributed by atoms with E-state index in [9.17, 15) is 0 Å². The van der Waals surface area contributed by atoms with Gasteiger partial charge in [-0.25, -0.2) is 0 Å². The van der Waals surface area contributed by atoms with Crippen LogP contribution in [-0.2, 0) is 0 Å². The zero-order valence-electron chi connectivity index (χ0n) is 11.9. The topological polar surface area (TPSA) is 18.8 Å². The molecule has 2 unspecified atom stereocenters. The fourth-order valence-corrected chi connectivity index (χ4v) is 3.63. The maximum atomic E-state index is 4.53. The van der Waals surface area contributed by atoms with Gasteiger partial charge >= 0.3 is 0 Å². The van der Waals surface area contributed by atoms with Gasteiger partial charge in [-0.1, -0.05) is 12.5 Å². The molecule has 0 bridgehead atoms. The van der Waals surface area contributed by atoms with E-state index in [0.29, 0.717) is 12.0 Å². The molecular formula is C15H27N3. The number of piperazine rings is 1. The Hall–Kier alpha value is -0.670. The first-order chi connectivity index (χ1) is 8.61. The van der Waals surface area contributed by atoms with Crippen molar-refractivity contribution in [3.05, 3.63) is 12.7 Å².